The van der Waals surface area contributed by atoms with Crippen LogP contribution in [0.2, 0.25) is 10.0 Å². The van der Waals surface area contributed by atoms with Crippen LogP contribution in [0.15, 0.2) is 60.7 Å². The Bertz CT molecular complexity index is 2030. The number of nitrogens with one attached hydrogen (secondary N) is 1. The van der Waals surface area contributed by atoms with Crippen LogP contribution in [-0.4, -0.2) is 54.8 Å². The molecule has 11 heteroatoms. The van der Waals surface area contributed by atoms with E-state index < -0.39 is 18.1 Å². The second-order valence-corrected chi connectivity index (χ2v) is 15.9. The van der Waals surface area contributed by atoms with E-state index in [-0.39, 0.29) is 30.8 Å². The van der Waals surface area contributed by atoms with Gasteiger partial charge in [-0.05, 0) is 123 Å². The maximum absolute atomic E-state index is 12.2. The fourth-order valence-corrected chi connectivity index (χ4v) is 8.42. The number of halogens is 2. The van der Waals surface area contributed by atoms with Crippen LogP contribution in [0.4, 0.5) is 0 Å². The molecular weight excluding hydrogens is 765 g/mol. The van der Waals surface area contributed by atoms with Crippen molar-refractivity contribution < 1.29 is 38.7 Å². The van der Waals surface area contributed by atoms with Crippen molar-refractivity contribution in [1.82, 2.24) is 5.32 Å². The number of aryl methyl sites for hydroxylation is 1. The number of carbonyl (C=O) groups is 1. The number of esters is 1. The number of methoxy groups -OCH3 is 1. The minimum absolute atomic E-state index is 0.154. The fourth-order valence-electron chi connectivity index (χ4n) is 7.96. The van der Waals surface area contributed by atoms with Gasteiger partial charge in [0.2, 0.25) is 0 Å². The first-order valence-corrected chi connectivity index (χ1v) is 20.8. The topological polar surface area (TPSA) is 116 Å². The molecule has 2 aliphatic rings. The van der Waals surface area contributed by atoms with Gasteiger partial charge in [-0.15, -0.1) is 0 Å². The number of ether oxygens (including phenoxy) is 5. The highest BCUT2D eigenvalue weighted by Gasteiger charge is 2.32. The highest BCUT2D eigenvalue weighted by Crippen LogP contribution is 2.47. The SMILES string of the molecule is CCOc1cc(O[C@H]2CCc3c(-c4cccc5c4CC[C@@H]5Oc4cc(OCC)c(CN[C@H](C(=O)OC)[C@@H](C)O)cc4Cl)cccc32)c(Cl)cc1CC[C@H](C)[C@@H](C)O. The third-order valence-electron chi connectivity index (χ3n) is 11.2. The van der Waals surface area contributed by atoms with Crippen LogP contribution in [0.3, 0.4) is 0 Å². The summed E-state index contributed by atoms with van der Waals surface area (Å²) in [6.45, 7) is 10.4. The van der Waals surface area contributed by atoms with Crippen LogP contribution >= 0.6 is 23.2 Å². The fraction of sp³-hybridized carbons (Fsp3) is 0.457. The molecule has 0 bridgehead atoms. The van der Waals surface area contributed by atoms with E-state index in [1.54, 1.807) is 12.1 Å². The second-order valence-electron chi connectivity index (χ2n) is 15.1. The van der Waals surface area contributed by atoms with Gasteiger partial charge in [0.15, 0.2) is 0 Å². The number of hydrogen-bond acceptors (Lipinski definition) is 9. The van der Waals surface area contributed by atoms with Crippen molar-refractivity contribution in [1.29, 1.82) is 0 Å². The summed E-state index contributed by atoms with van der Waals surface area (Å²) >= 11 is 13.7. The van der Waals surface area contributed by atoms with Gasteiger partial charge in [0, 0.05) is 24.2 Å². The highest BCUT2D eigenvalue weighted by molar-refractivity contribution is 6.32. The van der Waals surface area contributed by atoms with E-state index in [1.807, 2.05) is 39.8 Å². The first-order valence-electron chi connectivity index (χ1n) is 20.1. The van der Waals surface area contributed by atoms with Crippen LogP contribution in [0.25, 0.3) is 11.1 Å². The van der Waals surface area contributed by atoms with E-state index in [9.17, 15) is 15.0 Å². The largest absolute Gasteiger partial charge is 0.493 e. The number of aliphatic hydroxyl groups is 2. The summed E-state index contributed by atoms with van der Waals surface area (Å²) in [6.07, 6.45) is 3.23. The van der Waals surface area contributed by atoms with Crippen molar-refractivity contribution in [3.8, 4) is 34.1 Å². The lowest BCUT2D eigenvalue weighted by atomic mass is 9.91. The van der Waals surface area contributed by atoms with Crippen molar-refractivity contribution in [3.63, 3.8) is 0 Å². The molecule has 0 unspecified atom stereocenters. The summed E-state index contributed by atoms with van der Waals surface area (Å²) in [4.78, 5) is 12.2. The Labute approximate surface area is 346 Å². The Morgan fingerprint density at radius 2 is 1.26 bits per heavy atom. The Morgan fingerprint density at radius 1 is 0.754 bits per heavy atom. The monoisotopic (exact) mass is 819 g/mol. The zero-order chi connectivity index (χ0) is 40.8. The van der Waals surface area contributed by atoms with Crippen molar-refractivity contribution >= 4 is 29.2 Å². The van der Waals surface area contributed by atoms with E-state index in [4.69, 9.17) is 46.9 Å². The van der Waals surface area contributed by atoms with Crippen LogP contribution < -0.4 is 24.3 Å². The Hall–Kier alpha value is -3.99. The summed E-state index contributed by atoms with van der Waals surface area (Å²) in [5.74, 6) is 2.08. The van der Waals surface area contributed by atoms with Crippen molar-refractivity contribution in [2.24, 2.45) is 5.92 Å². The van der Waals surface area contributed by atoms with E-state index in [0.717, 1.165) is 66.5 Å². The van der Waals surface area contributed by atoms with Gasteiger partial charge in [-0.2, -0.15) is 0 Å². The predicted octanol–water partition coefficient (Wildman–Crippen LogP) is 9.55. The quantitative estimate of drug-likeness (QED) is 0.0845. The van der Waals surface area contributed by atoms with Gasteiger partial charge in [-0.1, -0.05) is 66.5 Å². The summed E-state index contributed by atoms with van der Waals surface area (Å²) in [5, 5.41) is 24.2. The Balaban J connectivity index is 1.21. The van der Waals surface area contributed by atoms with Gasteiger partial charge in [-0.3, -0.25) is 10.1 Å². The molecule has 0 saturated heterocycles. The van der Waals surface area contributed by atoms with Gasteiger partial charge in [-0.25, -0.2) is 0 Å². The highest BCUT2D eigenvalue weighted by atomic mass is 35.5. The van der Waals surface area contributed by atoms with Crippen molar-refractivity contribution in [3.05, 3.63) is 104 Å². The third kappa shape index (κ3) is 9.67. The molecule has 6 atom stereocenters. The first kappa shape index (κ1) is 42.6. The molecule has 0 heterocycles. The molecule has 6 rings (SSSR count). The predicted molar refractivity (Wildman–Crippen MR) is 224 cm³/mol. The first-order chi connectivity index (χ1) is 27.4. The van der Waals surface area contributed by atoms with Crippen molar-refractivity contribution in [2.75, 3.05) is 20.3 Å². The molecule has 0 fully saturated rings. The lowest BCUT2D eigenvalue weighted by Crippen LogP contribution is -2.45. The zero-order valence-electron chi connectivity index (χ0n) is 33.7. The van der Waals surface area contributed by atoms with E-state index in [2.05, 4.69) is 41.7 Å². The number of aliphatic hydroxyl groups excluding tert-OH is 2. The summed E-state index contributed by atoms with van der Waals surface area (Å²) in [6, 6.07) is 19.5. The molecular formula is C46H55Cl2NO8. The summed E-state index contributed by atoms with van der Waals surface area (Å²) in [5.41, 5.74) is 8.98. The Kier molecular flexibility index (Phi) is 14.3. The minimum atomic E-state index is -0.955. The van der Waals surface area contributed by atoms with E-state index in [0.29, 0.717) is 40.5 Å². The maximum Gasteiger partial charge on any atom is 0.325 e. The van der Waals surface area contributed by atoms with Gasteiger partial charge >= 0.3 is 5.97 Å². The average molecular weight is 821 g/mol. The van der Waals surface area contributed by atoms with Crippen LogP contribution in [0.1, 0.15) is 99.5 Å². The van der Waals surface area contributed by atoms with Crippen LogP contribution in [0, 0.1) is 5.92 Å². The molecule has 0 aromatic heterocycles. The van der Waals surface area contributed by atoms with Gasteiger partial charge in [0.25, 0.3) is 0 Å². The molecule has 4 aromatic carbocycles. The van der Waals surface area contributed by atoms with Crippen LogP contribution in [0.5, 0.6) is 23.0 Å². The van der Waals surface area contributed by atoms with Gasteiger partial charge in [0.1, 0.15) is 41.2 Å². The number of benzene rings is 4. The molecule has 0 spiro atoms. The molecule has 2 aliphatic carbocycles. The maximum atomic E-state index is 12.2. The number of fused-ring (bicyclic) bond motifs is 2. The van der Waals surface area contributed by atoms with Gasteiger partial charge < -0.3 is 33.9 Å². The standard InChI is InChI=1S/C46H55Cl2NO8/c1-7-54-41-23-43(37(47)21-29(41)16-15-26(3)27(4)50)56-39-19-17-33-31(11-9-13-35(33)39)32-12-10-14-36-34(32)18-20-40(36)57-44-24-42(55-8-2)30(22-38(44)48)25-49-45(28(5)51)46(52)53-6/h9-14,21-24,26-28,39-40,45,49-51H,7-8,15-20,25H2,1-6H3/t26-,27+,28+,39-,40-,45-/m0/s1. The zero-order valence-corrected chi connectivity index (χ0v) is 35.2. The summed E-state index contributed by atoms with van der Waals surface area (Å²) < 4.78 is 30.2. The second kappa shape index (κ2) is 19.2. The molecule has 57 heavy (non-hydrogen) atoms. The number of carbonyl (C=O) groups excluding carboxylic acids is 1. The van der Waals surface area contributed by atoms with Crippen LogP contribution in [-0.2, 0) is 35.3 Å². The molecule has 306 valence electrons. The van der Waals surface area contributed by atoms with Gasteiger partial charge in [0.05, 0.1) is 42.6 Å². The lowest BCUT2D eigenvalue weighted by Gasteiger charge is -2.22. The lowest BCUT2D eigenvalue weighted by molar-refractivity contribution is -0.145. The van der Waals surface area contributed by atoms with Crippen molar-refractivity contribution in [2.45, 2.75) is 110 Å². The minimum Gasteiger partial charge on any atom is -0.493 e. The van der Waals surface area contributed by atoms with E-state index >= 15 is 0 Å². The molecule has 0 amide bonds. The number of rotatable bonds is 18. The smallest absolute Gasteiger partial charge is 0.325 e. The molecule has 0 aliphatic heterocycles. The molecule has 3 N–H and O–H groups in total. The molecule has 4 aromatic rings. The van der Waals surface area contributed by atoms with E-state index in [1.165, 1.54) is 36.3 Å². The summed E-state index contributed by atoms with van der Waals surface area (Å²) in [7, 11) is 1.29. The Morgan fingerprint density at radius 3 is 1.74 bits per heavy atom. The number of hydrogen-bond donors (Lipinski definition) is 3. The molecule has 9 nitrogen and oxygen atoms in total. The average Bonchev–Trinajstić information content (AvgIpc) is 3.80. The normalized spacial score (nSPS) is 17.9. The molecule has 0 radical (unpaired) electrons. The third-order valence-corrected chi connectivity index (χ3v) is 11.8. The molecule has 0 saturated carbocycles.